The second kappa shape index (κ2) is 11.0. The van der Waals surface area contributed by atoms with Gasteiger partial charge in [0.05, 0.1) is 12.2 Å². The Balaban J connectivity index is 0.00000363. The minimum atomic E-state index is -1.21. The third-order valence-electron chi connectivity index (χ3n) is 5.27. The van der Waals surface area contributed by atoms with Crippen LogP contribution in [0.3, 0.4) is 0 Å². The van der Waals surface area contributed by atoms with Crippen LogP contribution in [-0.2, 0) is 9.53 Å². The van der Waals surface area contributed by atoms with Gasteiger partial charge in [-0.2, -0.15) is 0 Å². The molecule has 0 aliphatic carbocycles. The second-order valence-corrected chi connectivity index (χ2v) is 7.30. The van der Waals surface area contributed by atoms with Crippen molar-refractivity contribution in [2.45, 2.75) is 19.4 Å². The standard InChI is InChI=1S/C22H25FN4O4.ClH/c1-3-31-19(28)17-14-24-21(25-15-17)26-10-12-27(13-11-26)22(2,20(29)30)9-8-16-4-6-18(23)7-5-16;/h4-9,14-15H,3,10-13H2,1-2H3,(H,29,30);1H/b9-8+;. The fraction of sp³-hybridized carbons (Fsp3) is 0.364. The number of carbonyl (C=O) groups excluding carboxylic acids is 1. The normalized spacial score (nSPS) is 16.3. The number of carboxylic acid groups (broad SMARTS) is 1. The van der Waals surface area contributed by atoms with Crippen LogP contribution in [0.2, 0.25) is 0 Å². The summed E-state index contributed by atoms with van der Waals surface area (Å²) in [5.74, 6) is -1.29. The Kier molecular flexibility index (Phi) is 8.68. The minimum absolute atomic E-state index is 0. The number of rotatable bonds is 7. The Bertz CT molecular complexity index is 947. The summed E-state index contributed by atoms with van der Waals surface area (Å²) in [5, 5.41) is 9.88. The molecule has 1 aliphatic heterocycles. The van der Waals surface area contributed by atoms with Crippen molar-refractivity contribution in [3.63, 3.8) is 0 Å². The molecule has 32 heavy (non-hydrogen) atoms. The maximum atomic E-state index is 13.1. The van der Waals surface area contributed by atoms with Gasteiger partial charge in [-0.15, -0.1) is 12.4 Å². The van der Waals surface area contributed by atoms with Crippen molar-refractivity contribution < 1.29 is 23.8 Å². The SMILES string of the molecule is CCOC(=O)c1cnc(N2CCN(C(C)(/C=C/c3ccc(F)cc3)C(=O)O)CC2)nc1.Cl. The van der Waals surface area contributed by atoms with Gasteiger partial charge in [0.15, 0.2) is 0 Å². The molecule has 1 aliphatic rings. The highest BCUT2D eigenvalue weighted by molar-refractivity contribution is 5.88. The van der Waals surface area contributed by atoms with Gasteiger partial charge < -0.3 is 14.7 Å². The van der Waals surface area contributed by atoms with Crippen LogP contribution >= 0.6 is 12.4 Å². The van der Waals surface area contributed by atoms with Gasteiger partial charge in [0.1, 0.15) is 11.4 Å². The average molecular weight is 465 g/mol. The number of nitrogens with zero attached hydrogens (tertiary/aromatic N) is 4. The van der Waals surface area contributed by atoms with Gasteiger partial charge in [0.25, 0.3) is 0 Å². The first-order chi connectivity index (χ1) is 14.8. The van der Waals surface area contributed by atoms with Gasteiger partial charge in [-0.25, -0.2) is 23.9 Å². The van der Waals surface area contributed by atoms with Gasteiger partial charge in [0, 0.05) is 38.6 Å². The third kappa shape index (κ3) is 5.80. The minimum Gasteiger partial charge on any atom is -0.480 e. The fourth-order valence-corrected chi connectivity index (χ4v) is 3.32. The van der Waals surface area contributed by atoms with Crippen LogP contribution in [0.4, 0.5) is 10.3 Å². The lowest BCUT2D eigenvalue weighted by molar-refractivity contribution is -0.147. The summed E-state index contributed by atoms with van der Waals surface area (Å²) in [4.78, 5) is 36.1. The predicted molar refractivity (Wildman–Crippen MR) is 120 cm³/mol. The van der Waals surface area contributed by atoms with E-state index in [0.717, 1.165) is 5.56 Å². The van der Waals surface area contributed by atoms with Gasteiger partial charge >= 0.3 is 11.9 Å². The van der Waals surface area contributed by atoms with Crippen molar-refractivity contribution in [3.8, 4) is 0 Å². The van der Waals surface area contributed by atoms with Crippen LogP contribution in [0.1, 0.15) is 29.8 Å². The summed E-state index contributed by atoms with van der Waals surface area (Å²) in [7, 11) is 0. The molecule has 1 aromatic heterocycles. The van der Waals surface area contributed by atoms with Gasteiger partial charge in [-0.3, -0.25) is 4.90 Å². The molecule has 1 atom stereocenters. The fourth-order valence-electron chi connectivity index (χ4n) is 3.32. The van der Waals surface area contributed by atoms with E-state index in [1.165, 1.54) is 24.5 Å². The van der Waals surface area contributed by atoms with E-state index in [4.69, 9.17) is 4.74 Å². The molecule has 1 fully saturated rings. The predicted octanol–water partition coefficient (Wildman–Crippen LogP) is 2.89. The smallest absolute Gasteiger partial charge is 0.341 e. The molecule has 10 heteroatoms. The van der Waals surface area contributed by atoms with Gasteiger partial charge in [-0.05, 0) is 31.5 Å². The van der Waals surface area contributed by atoms with Crippen LogP contribution in [0.5, 0.6) is 0 Å². The molecule has 2 aromatic rings. The molecule has 0 amide bonds. The van der Waals surface area contributed by atoms with E-state index in [2.05, 4.69) is 9.97 Å². The van der Waals surface area contributed by atoms with Crippen molar-refractivity contribution in [1.82, 2.24) is 14.9 Å². The number of piperazine rings is 1. The highest BCUT2D eigenvalue weighted by Crippen LogP contribution is 2.23. The molecule has 2 heterocycles. The number of hydrogen-bond donors (Lipinski definition) is 1. The topological polar surface area (TPSA) is 95.9 Å². The van der Waals surface area contributed by atoms with Crippen LogP contribution in [-0.4, -0.2) is 70.2 Å². The number of halogens is 2. The number of carbonyl (C=O) groups is 2. The summed E-state index contributed by atoms with van der Waals surface area (Å²) in [6.45, 7) is 5.69. The summed E-state index contributed by atoms with van der Waals surface area (Å²) >= 11 is 0. The molecule has 0 spiro atoms. The van der Waals surface area contributed by atoms with Crippen molar-refractivity contribution in [3.05, 3.63) is 59.7 Å². The highest BCUT2D eigenvalue weighted by atomic mass is 35.5. The van der Waals surface area contributed by atoms with E-state index < -0.39 is 17.5 Å². The number of hydrogen-bond acceptors (Lipinski definition) is 7. The molecular weight excluding hydrogens is 439 g/mol. The molecule has 1 N–H and O–H groups in total. The Hall–Kier alpha value is -3.04. The number of esters is 1. The van der Waals surface area contributed by atoms with Crippen LogP contribution < -0.4 is 4.90 Å². The van der Waals surface area contributed by atoms with Crippen LogP contribution in [0.15, 0.2) is 42.7 Å². The van der Waals surface area contributed by atoms with Crippen molar-refractivity contribution >= 4 is 36.4 Å². The first-order valence-electron chi connectivity index (χ1n) is 10.0. The molecule has 1 unspecified atom stereocenters. The summed E-state index contributed by atoms with van der Waals surface area (Å²) in [5.41, 5.74) is -0.203. The van der Waals surface area contributed by atoms with Crippen molar-refractivity contribution in [2.24, 2.45) is 0 Å². The zero-order valence-electron chi connectivity index (χ0n) is 17.9. The summed E-state index contributed by atoms with van der Waals surface area (Å²) in [6.07, 6.45) is 6.18. The van der Waals surface area contributed by atoms with Crippen LogP contribution in [0, 0.1) is 5.82 Å². The molecule has 0 bridgehead atoms. The van der Waals surface area contributed by atoms with Gasteiger partial charge in [-0.1, -0.05) is 24.3 Å². The van der Waals surface area contributed by atoms with E-state index in [0.29, 0.717) is 32.1 Å². The third-order valence-corrected chi connectivity index (χ3v) is 5.27. The van der Waals surface area contributed by atoms with E-state index >= 15 is 0 Å². The first-order valence-corrected chi connectivity index (χ1v) is 10.0. The van der Waals surface area contributed by atoms with Gasteiger partial charge in [0.2, 0.25) is 5.95 Å². The Morgan fingerprint density at radius 2 is 1.75 bits per heavy atom. The molecule has 0 radical (unpaired) electrons. The molecular formula is C22H26ClFN4O4. The van der Waals surface area contributed by atoms with E-state index in [1.807, 2.05) is 9.80 Å². The van der Waals surface area contributed by atoms with Crippen molar-refractivity contribution in [1.29, 1.82) is 0 Å². The Labute approximate surface area is 192 Å². The Morgan fingerprint density at radius 3 is 2.28 bits per heavy atom. The van der Waals surface area contributed by atoms with E-state index in [-0.39, 0.29) is 30.4 Å². The lowest BCUT2D eigenvalue weighted by atomic mass is 9.97. The number of ether oxygens (including phenoxy) is 1. The number of aliphatic carboxylic acids is 1. The number of aromatic nitrogens is 2. The summed E-state index contributed by atoms with van der Waals surface area (Å²) < 4.78 is 18.0. The Morgan fingerprint density at radius 1 is 1.16 bits per heavy atom. The zero-order valence-corrected chi connectivity index (χ0v) is 18.7. The molecule has 8 nitrogen and oxygen atoms in total. The number of carboxylic acids is 1. The molecule has 0 saturated carbocycles. The van der Waals surface area contributed by atoms with E-state index in [1.54, 1.807) is 38.1 Å². The molecule has 1 saturated heterocycles. The van der Waals surface area contributed by atoms with Crippen molar-refractivity contribution in [2.75, 3.05) is 37.7 Å². The maximum Gasteiger partial charge on any atom is 0.341 e. The lowest BCUT2D eigenvalue weighted by Crippen LogP contribution is -2.58. The largest absolute Gasteiger partial charge is 0.480 e. The van der Waals surface area contributed by atoms with E-state index in [9.17, 15) is 19.1 Å². The molecule has 172 valence electrons. The second-order valence-electron chi connectivity index (χ2n) is 7.30. The number of benzene rings is 1. The average Bonchev–Trinajstić information content (AvgIpc) is 2.79. The quantitative estimate of drug-likeness (QED) is 0.625. The maximum absolute atomic E-state index is 13.1. The summed E-state index contributed by atoms with van der Waals surface area (Å²) in [6, 6.07) is 5.88. The molecule has 3 rings (SSSR count). The monoisotopic (exact) mass is 464 g/mol. The van der Waals surface area contributed by atoms with Crippen LogP contribution in [0.25, 0.3) is 6.08 Å². The number of anilines is 1. The lowest BCUT2D eigenvalue weighted by Gasteiger charge is -2.42. The first kappa shape index (κ1) is 25.2. The molecule has 1 aromatic carbocycles. The zero-order chi connectivity index (χ0) is 22.4. The highest BCUT2D eigenvalue weighted by Gasteiger charge is 2.39.